The summed E-state index contributed by atoms with van der Waals surface area (Å²) in [7, 11) is 0. The Morgan fingerprint density at radius 3 is 1.96 bits per heavy atom. The number of nitrogens with one attached hydrogen (secondary N) is 2. The summed E-state index contributed by atoms with van der Waals surface area (Å²) in [5.41, 5.74) is 0.891. The highest BCUT2D eigenvalue weighted by molar-refractivity contribution is 5.91. The van der Waals surface area contributed by atoms with Gasteiger partial charge in [0, 0.05) is 12.3 Å². The molecule has 2 atom stereocenters. The van der Waals surface area contributed by atoms with E-state index in [1.807, 2.05) is 44.2 Å². The maximum absolute atomic E-state index is 12.6. The molecular weight excluding hydrogens is 320 g/mol. The topological polar surface area (TPSA) is 95.5 Å². The van der Waals surface area contributed by atoms with Gasteiger partial charge in [-0.3, -0.25) is 9.59 Å². The molecule has 0 unspecified atom stereocenters. The highest BCUT2D eigenvalue weighted by atomic mass is 16.4. The van der Waals surface area contributed by atoms with E-state index in [9.17, 15) is 19.5 Å². The molecule has 0 spiro atoms. The van der Waals surface area contributed by atoms with Crippen LogP contribution in [0, 0.1) is 11.8 Å². The van der Waals surface area contributed by atoms with Gasteiger partial charge in [-0.2, -0.15) is 0 Å². The molecule has 0 fully saturated rings. The van der Waals surface area contributed by atoms with E-state index >= 15 is 0 Å². The van der Waals surface area contributed by atoms with Gasteiger partial charge < -0.3 is 15.7 Å². The Morgan fingerprint density at radius 1 is 0.920 bits per heavy atom. The van der Waals surface area contributed by atoms with Crippen molar-refractivity contribution in [2.75, 3.05) is 0 Å². The molecule has 1 aromatic carbocycles. The van der Waals surface area contributed by atoms with Crippen molar-refractivity contribution >= 4 is 17.8 Å². The van der Waals surface area contributed by atoms with Crippen LogP contribution in [0.25, 0.3) is 0 Å². The maximum Gasteiger partial charge on any atom is 0.326 e. The van der Waals surface area contributed by atoms with Crippen molar-refractivity contribution in [1.29, 1.82) is 0 Å². The summed E-state index contributed by atoms with van der Waals surface area (Å²) in [6.45, 7) is 7.27. The van der Waals surface area contributed by atoms with Crippen LogP contribution in [0.2, 0.25) is 0 Å². The number of carboxylic acids is 1. The van der Waals surface area contributed by atoms with Gasteiger partial charge in [0.15, 0.2) is 0 Å². The van der Waals surface area contributed by atoms with Gasteiger partial charge in [-0.1, -0.05) is 58.0 Å². The molecule has 0 aliphatic rings. The van der Waals surface area contributed by atoms with E-state index in [0.29, 0.717) is 12.8 Å². The first-order chi connectivity index (χ1) is 11.7. The third kappa shape index (κ3) is 7.37. The fraction of sp³-hybridized carbons (Fsp3) is 0.526. The van der Waals surface area contributed by atoms with E-state index in [-0.39, 0.29) is 17.7 Å². The number of aliphatic carboxylic acids is 1. The van der Waals surface area contributed by atoms with Crippen molar-refractivity contribution in [2.45, 2.75) is 52.6 Å². The predicted molar refractivity (Wildman–Crippen MR) is 95.9 cm³/mol. The summed E-state index contributed by atoms with van der Waals surface area (Å²) in [6.07, 6.45) is 0.635. The first-order valence-corrected chi connectivity index (χ1v) is 8.58. The summed E-state index contributed by atoms with van der Waals surface area (Å²) >= 11 is 0. The van der Waals surface area contributed by atoms with Crippen molar-refractivity contribution in [3.05, 3.63) is 35.9 Å². The molecule has 6 heteroatoms. The molecule has 6 nitrogen and oxygen atoms in total. The zero-order valence-electron chi connectivity index (χ0n) is 15.3. The van der Waals surface area contributed by atoms with Gasteiger partial charge >= 0.3 is 5.97 Å². The molecule has 3 N–H and O–H groups in total. The van der Waals surface area contributed by atoms with Crippen molar-refractivity contribution in [2.24, 2.45) is 11.8 Å². The van der Waals surface area contributed by atoms with E-state index in [1.54, 1.807) is 13.8 Å². The Hall–Kier alpha value is -2.37. The van der Waals surface area contributed by atoms with E-state index < -0.39 is 24.0 Å². The Morgan fingerprint density at radius 2 is 1.48 bits per heavy atom. The molecule has 0 saturated carbocycles. The number of hydrogen-bond acceptors (Lipinski definition) is 3. The van der Waals surface area contributed by atoms with Crippen LogP contribution in [0.1, 0.15) is 39.7 Å². The fourth-order valence-corrected chi connectivity index (χ4v) is 2.36. The molecular formula is C19H28N2O4. The average molecular weight is 348 g/mol. The van der Waals surface area contributed by atoms with E-state index in [0.717, 1.165) is 5.56 Å². The number of carboxylic acid groups (broad SMARTS) is 1. The first-order valence-electron chi connectivity index (χ1n) is 8.58. The van der Waals surface area contributed by atoms with Gasteiger partial charge in [-0.15, -0.1) is 0 Å². The van der Waals surface area contributed by atoms with Crippen LogP contribution in [0.5, 0.6) is 0 Å². The lowest BCUT2D eigenvalue weighted by Crippen LogP contribution is -2.53. The lowest BCUT2D eigenvalue weighted by Gasteiger charge is -2.23. The molecule has 0 aliphatic heterocycles. The summed E-state index contributed by atoms with van der Waals surface area (Å²) in [5, 5.41) is 14.6. The van der Waals surface area contributed by atoms with Gasteiger partial charge in [0.05, 0.1) is 0 Å². The van der Waals surface area contributed by atoms with Gasteiger partial charge in [0.25, 0.3) is 0 Å². The normalized spacial score (nSPS) is 13.4. The van der Waals surface area contributed by atoms with Crippen LogP contribution >= 0.6 is 0 Å². The molecule has 1 rings (SSSR count). The fourth-order valence-electron chi connectivity index (χ4n) is 2.36. The van der Waals surface area contributed by atoms with Gasteiger partial charge in [-0.25, -0.2) is 4.79 Å². The summed E-state index contributed by atoms with van der Waals surface area (Å²) in [6, 6.07) is 7.53. The van der Waals surface area contributed by atoms with Crippen molar-refractivity contribution in [3.63, 3.8) is 0 Å². The van der Waals surface area contributed by atoms with Gasteiger partial charge in [0.1, 0.15) is 12.1 Å². The highest BCUT2D eigenvalue weighted by Gasteiger charge is 2.27. The van der Waals surface area contributed by atoms with Crippen molar-refractivity contribution in [3.8, 4) is 0 Å². The van der Waals surface area contributed by atoms with Crippen molar-refractivity contribution < 1.29 is 19.5 Å². The molecule has 1 aromatic rings. The molecule has 0 heterocycles. The van der Waals surface area contributed by atoms with Crippen LogP contribution in [-0.4, -0.2) is 35.0 Å². The van der Waals surface area contributed by atoms with Crippen LogP contribution in [0.4, 0.5) is 0 Å². The summed E-state index contributed by atoms with van der Waals surface area (Å²) < 4.78 is 0. The molecule has 0 bridgehead atoms. The zero-order chi connectivity index (χ0) is 19.0. The largest absolute Gasteiger partial charge is 0.480 e. The zero-order valence-corrected chi connectivity index (χ0v) is 15.3. The minimum absolute atomic E-state index is 0.124. The van der Waals surface area contributed by atoms with Gasteiger partial charge in [0.2, 0.25) is 11.8 Å². The first kappa shape index (κ1) is 20.7. The Kier molecular flexibility index (Phi) is 8.11. The second kappa shape index (κ2) is 9.81. The monoisotopic (exact) mass is 348 g/mol. The van der Waals surface area contributed by atoms with E-state index in [2.05, 4.69) is 10.6 Å². The number of hydrogen-bond donors (Lipinski definition) is 3. The molecule has 2 amide bonds. The Labute approximate surface area is 149 Å². The lowest BCUT2D eigenvalue weighted by atomic mass is 10.0. The number of amides is 2. The van der Waals surface area contributed by atoms with Crippen LogP contribution in [0.3, 0.4) is 0 Å². The summed E-state index contributed by atoms with van der Waals surface area (Å²) in [4.78, 5) is 36.0. The van der Waals surface area contributed by atoms with Crippen LogP contribution in [0.15, 0.2) is 30.3 Å². The van der Waals surface area contributed by atoms with Gasteiger partial charge in [-0.05, 0) is 17.9 Å². The number of carbonyl (C=O) groups excluding carboxylic acids is 2. The van der Waals surface area contributed by atoms with Crippen LogP contribution in [-0.2, 0) is 20.8 Å². The third-order valence-electron chi connectivity index (χ3n) is 3.76. The molecule has 0 radical (unpaired) electrons. The Balaban J connectivity index is 2.90. The molecule has 0 aliphatic carbocycles. The average Bonchev–Trinajstić information content (AvgIpc) is 2.53. The maximum atomic E-state index is 12.6. The lowest BCUT2D eigenvalue weighted by molar-refractivity contribution is -0.142. The highest BCUT2D eigenvalue weighted by Crippen LogP contribution is 2.08. The van der Waals surface area contributed by atoms with E-state index in [4.69, 9.17) is 0 Å². The minimum atomic E-state index is -1.07. The smallest absolute Gasteiger partial charge is 0.326 e. The SMILES string of the molecule is CC(C)C[C@H](NC(=O)[C@H](Cc1ccccc1)NC(=O)C(C)C)C(=O)O. The Bertz CT molecular complexity index is 584. The molecule has 25 heavy (non-hydrogen) atoms. The third-order valence-corrected chi connectivity index (χ3v) is 3.76. The minimum Gasteiger partial charge on any atom is -0.480 e. The second-order valence-corrected chi connectivity index (χ2v) is 6.93. The summed E-state index contributed by atoms with van der Waals surface area (Å²) in [5.74, 6) is -1.94. The second-order valence-electron chi connectivity index (χ2n) is 6.93. The van der Waals surface area contributed by atoms with Crippen molar-refractivity contribution in [1.82, 2.24) is 10.6 Å². The molecule has 0 saturated heterocycles. The molecule has 138 valence electrons. The van der Waals surface area contributed by atoms with Crippen LogP contribution < -0.4 is 10.6 Å². The van der Waals surface area contributed by atoms with E-state index in [1.165, 1.54) is 0 Å². The predicted octanol–water partition coefficient (Wildman–Crippen LogP) is 1.99. The molecule has 0 aromatic heterocycles. The number of rotatable bonds is 9. The quantitative estimate of drug-likeness (QED) is 0.636. The number of benzene rings is 1. The number of carbonyl (C=O) groups is 3. The standard InChI is InChI=1S/C19H28N2O4/c1-12(2)10-16(19(24)25)21-18(23)15(20-17(22)13(3)4)11-14-8-6-5-7-9-14/h5-9,12-13,15-16H,10-11H2,1-4H3,(H,20,22)(H,21,23)(H,24,25)/t15-,16-/m0/s1.